The molecule has 0 bridgehead atoms. The number of fused-ring (bicyclic) bond motifs is 1. The zero-order valence-electron chi connectivity index (χ0n) is 12.8. The van der Waals surface area contributed by atoms with Crippen molar-refractivity contribution in [2.45, 2.75) is 37.8 Å². The Morgan fingerprint density at radius 1 is 1.05 bits per heavy atom. The lowest BCUT2D eigenvalue weighted by Crippen LogP contribution is -2.40. The molecule has 0 radical (unpaired) electrons. The molecule has 2 atom stereocenters. The van der Waals surface area contributed by atoms with Gasteiger partial charge in [-0.15, -0.1) is 0 Å². The number of ether oxygens (including phenoxy) is 1. The number of likely N-dealkylation sites (tertiary alicyclic amines) is 1. The molecule has 1 aromatic heterocycles. The van der Waals surface area contributed by atoms with Gasteiger partial charge >= 0.3 is 0 Å². The van der Waals surface area contributed by atoms with Gasteiger partial charge in [-0.1, -0.05) is 0 Å². The molecule has 0 aromatic carbocycles. The molecule has 1 aromatic rings. The first-order valence-corrected chi connectivity index (χ1v) is 8.37. The lowest BCUT2D eigenvalue weighted by molar-refractivity contribution is 0.0508. The van der Waals surface area contributed by atoms with Crippen molar-refractivity contribution in [3.8, 4) is 0 Å². The van der Waals surface area contributed by atoms with Gasteiger partial charge in [0.25, 0.3) is 0 Å². The van der Waals surface area contributed by atoms with E-state index >= 15 is 0 Å². The summed E-state index contributed by atoms with van der Waals surface area (Å²) in [6.45, 7) is 5.17. The summed E-state index contributed by atoms with van der Waals surface area (Å²) in [6.07, 6.45) is 7.25. The van der Waals surface area contributed by atoms with Gasteiger partial charge in [0.2, 0.25) is 5.95 Å². The van der Waals surface area contributed by atoms with E-state index in [2.05, 4.69) is 19.8 Å². The smallest absolute Gasteiger partial charge is 0.225 e. The topological polar surface area (TPSA) is 41.5 Å². The van der Waals surface area contributed by atoms with Crippen LogP contribution in [0.25, 0.3) is 0 Å². The monoisotopic (exact) mass is 306 g/mol. The van der Waals surface area contributed by atoms with E-state index < -0.39 is 0 Å². The molecule has 22 heavy (non-hydrogen) atoms. The van der Waals surface area contributed by atoms with E-state index in [1.54, 1.807) is 0 Å². The maximum Gasteiger partial charge on any atom is 0.225 e. The Hall–Kier alpha value is -1.27. The highest BCUT2D eigenvalue weighted by atomic mass is 19.1. The van der Waals surface area contributed by atoms with Crippen molar-refractivity contribution < 1.29 is 9.13 Å². The molecule has 0 unspecified atom stereocenters. The minimum absolute atomic E-state index is 0.368. The van der Waals surface area contributed by atoms with E-state index in [0.717, 1.165) is 45.1 Å². The van der Waals surface area contributed by atoms with Crippen molar-refractivity contribution in [2.24, 2.45) is 5.92 Å². The van der Waals surface area contributed by atoms with E-state index in [-0.39, 0.29) is 5.82 Å². The normalized spacial score (nSPS) is 30.0. The maximum atomic E-state index is 13.0. The van der Waals surface area contributed by atoms with Gasteiger partial charge in [0.1, 0.15) is 0 Å². The summed E-state index contributed by atoms with van der Waals surface area (Å²) < 4.78 is 18.5. The highest BCUT2D eigenvalue weighted by Crippen LogP contribution is 2.34. The second kappa shape index (κ2) is 6.08. The second-order valence-corrected chi connectivity index (χ2v) is 6.66. The average molecular weight is 306 g/mol. The van der Waals surface area contributed by atoms with Gasteiger partial charge in [-0.25, -0.2) is 14.4 Å². The van der Waals surface area contributed by atoms with E-state index in [1.165, 1.54) is 31.8 Å². The van der Waals surface area contributed by atoms with Gasteiger partial charge in [0, 0.05) is 44.9 Å². The Morgan fingerprint density at radius 2 is 1.77 bits per heavy atom. The highest BCUT2D eigenvalue weighted by Gasteiger charge is 2.43. The molecular weight excluding hydrogens is 283 g/mol. The third-order valence-corrected chi connectivity index (χ3v) is 5.39. The van der Waals surface area contributed by atoms with Crippen LogP contribution in [0, 0.1) is 11.7 Å². The summed E-state index contributed by atoms with van der Waals surface area (Å²) in [5, 5.41) is 0. The lowest BCUT2D eigenvalue weighted by atomic mass is 9.99. The molecule has 4 rings (SSSR count). The fourth-order valence-electron chi connectivity index (χ4n) is 4.26. The van der Waals surface area contributed by atoms with E-state index in [4.69, 9.17) is 4.74 Å². The fourth-order valence-corrected chi connectivity index (χ4v) is 4.26. The summed E-state index contributed by atoms with van der Waals surface area (Å²) in [6, 6.07) is 1.10. The number of hydrogen-bond acceptors (Lipinski definition) is 5. The van der Waals surface area contributed by atoms with Crippen LogP contribution in [0.2, 0.25) is 0 Å². The van der Waals surface area contributed by atoms with Crippen LogP contribution in [-0.4, -0.2) is 59.8 Å². The first-order valence-electron chi connectivity index (χ1n) is 8.37. The zero-order valence-corrected chi connectivity index (χ0v) is 12.8. The molecular formula is C16H23FN4O. The van der Waals surface area contributed by atoms with E-state index in [0.29, 0.717) is 18.0 Å². The van der Waals surface area contributed by atoms with Gasteiger partial charge in [0.15, 0.2) is 5.82 Å². The quantitative estimate of drug-likeness (QED) is 0.850. The Kier molecular flexibility index (Phi) is 3.96. The van der Waals surface area contributed by atoms with Crippen LogP contribution in [0.15, 0.2) is 12.4 Å². The number of halogens is 1. The van der Waals surface area contributed by atoms with Crippen LogP contribution in [0.4, 0.5) is 10.3 Å². The predicted molar refractivity (Wildman–Crippen MR) is 81.3 cm³/mol. The number of anilines is 1. The molecule has 3 aliphatic heterocycles. The Morgan fingerprint density at radius 3 is 2.55 bits per heavy atom. The third kappa shape index (κ3) is 2.70. The van der Waals surface area contributed by atoms with Gasteiger partial charge in [-0.2, -0.15) is 0 Å². The first kappa shape index (κ1) is 14.3. The van der Waals surface area contributed by atoms with Crippen LogP contribution in [-0.2, 0) is 4.74 Å². The van der Waals surface area contributed by atoms with Crippen LogP contribution >= 0.6 is 0 Å². The van der Waals surface area contributed by atoms with E-state index in [9.17, 15) is 4.39 Å². The molecule has 120 valence electrons. The number of rotatable bonds is 3. The molecule has 0 aliphatic carbocycles. The van der Waals surface area contributed by atoms with Crippen LogP contribution in [0.3, 0.4) is 0 Å². The lowest BCUT2D eigenvalue weighted by Gasteiger charge is -2.30. The molecule has 0 saturated carbocycles. The number of nitrogens with zero attached hydrogens (tertiary/aromatic N) is 4. The Balaban J connectivity index is 1.41. The molecule has 0 N–H and O–H groups in total. The SMILES string of the molecule is Fc1cnc(N2CC[C@H]3[C@@H]2CCN3CC2CCOCC2)nc1. The van der Waals surface area contributed by atoms with E-state index in [1.807, 2.05) is 0 Å². The van der Waals surface area contributed by atoms with Crippen LogP contribution < -0.4 is 4.90 Å². The number of hydrogen-bond donors (Lipinski definition) is 0. The maximum absolute atomic E-state index is 13.0. The van der Waals surface area contributed by atoms with Crippen molar-refractivity contribution in [1.29, 1.82) is 0 Å². The summed E-state index contributed by atoms with van der Waals surface area (Å²) in [5.41, 5.74) is 0. The van der Waals surface area contributed by atoms with Crippen molar-refractivity contribution in [3.05, 3.63) is 18.2 Å². The molecule has 4 heterocycles. The highest BCUT2D eigenvalue weighted by molar-refractivity contribution is 5.35. The zero-order chi connectivity index (χ0) is 14.9. The molecule has 0 amide bonds. The summed E-state index contributed by atoms with van der Waals surface area (Å²) >= 11 is 0. The summed E-state index contributed by atoms with van der Waals surface area (Å²) in [7, 11) is 0. The largest absolute Gasteiger partial charge is 0.381 e. The predicted octanol–water partition coefficient (Wildman–Crippen LogP) is 1.70. The van der Waals surface area contributed by atoms with Crippen molar-refractivity contribution in [1.82, 2.24) is 14.9 Å². The summed E-state index contributed by atoms with van der Waals surface area (Å²) in [4.78, 5) is 13.3. The minimum atomic E-state index is -0.368. The number of aromatic nitrogens is 2. The minimum Gasteiger partial charge on any atom is -0.381 e. The molecule has 3 aliphatic rings. The van der Waals surface area contributed by atoms with Crippen molar-refractivity contribution in [3.63, 3.8) is 0 Å². The average Bonchev–Trinajstić information content (AvgIpc) is 3.13. The van der Waals surface area contributed by atoms with Crippen LogP contribution in [0.1, 0.15) is 25.7 Å². The van der Waals surface area contributed by atoms with Gasteiger partial charge in [-0.05, 0) is 31.6 Å². The molecule has 6 heteroatoms. The molecule has 3 saturated heterocycles. The summed E-state index contributed by atoms with van der Waals surface area (Å²) in [5.74, 6) is 1.09. The Labute approximate surface area is 130 Å². The molecule has 5 nitrogen and oxygen atoms in total. The standard InChI is InChI=1S/C16H23FN4O/c17-13-9-18-16(19-10-13)21-6-2-14-15(21)1-5-20(14)11-12-3-7-22-8-4-12/h9-10,12,14-15H,1-8,11H2/t14-,15-/m0/s1. The van der Waals surface area contributed by atoms with Gasteiger partial charge in [0.05, 0.1) is 12.4 Å². The van der Waals surface area contributed by atoms with Crippen molar-refractivity contribution >= 4 is 5.95 Å². The Bertz CT molecular complexity index is 505. The third-order valence-electron chi connectivity index (χ3n) is 5.39. The van der Waals surface area contributed by atoms with Gasteiger partial charge < -0.3 is 9.64 Å². The van der Waals surface area contributed by atoms with Crippen molar-refractivity contribution in [2.75, 3.05) is 37.7 Å². The molecule has 3 fully saturated rings. The van der Waals surface area contributed by atoms with Crippen LogP contribution in [0.5, 0.6) is 0 Å². The fraction of sp³-hybridized carbons (Fsp3) is 0.750. The first-order chi connectivity index (χ1) is 10.8. The van der Waals surface area contributed by atoms with Gasteiger partial charge in [-0.3, -0.25) is 4.90 Å². The molecule has 0 spiro atoms. The second-order valence-electron chi connectivity index (χ2n) is 6.66.